The first-order chi connectivity index (χ1) is 15.8. The third kappa shape index (κ3) is 4.85. The van der Waals surface area contributed by atoms with Gasteiger partial charge in [0.05, 0.1) is 25.7 Å². The van der Waals surface area contributed by atoms with Gasteiger partial charge in [-0.1, -0.05) is 62.4 Å². The second-order valence-electron chi connectivity index (χ2n) is 9.19. The van der Waals surface area contributed by atoms with E-state index in [9.17, 15) is 19.5 Å². The molecular weight excluding hydrogens is 424 g/mol. The fraction of sp³-hybridized carbons (Fsp3) is 0.400. The molecule has 1 heterocycles. The number of hydrogen-bond acceptors (Lipinski definition) is 5. The van der Waals surface area contributed by atoms with Crippen LogP contribution >= 0.6 is 0 Å². The quantitative estimate of drug-likeness (QED) is 0.595. The first kappa shape index (κ1) is 22.8. The zero-order valence-corrected chi connectivity index (χ0v) is 18.7. The topological polar surface area (TPSA) is 114 Å². The lowest BCUT2D eigenvalue weighted by atomic mass is 9.88. The SMILES string of the molecule is CC1(C)COCC1NC(=O)C(CC(=O)O)NC(=O)OCC1c2ccccc2-c2ccccc21. The maximum Gasteiger partial charge on any atom is 0.407 e. The number of benzene rings is 2. The molecule has 2 aromatic carbocycles. The van der Waals surface area contributed by atoms with E-state index in [0.29, 0.717) is 13.2 Å². The van der Waals surface area contributed by atoms with Crippen molar-refractivity contribution in [2.24, 2.45) is 5.41 Å². The summed E-state index contributed by atoms with van der Waals surface area (Å²) >= 11 is 0. The molecule has 0 saturated carbocycles. The highest BCUT2D eigenvalue weighted by Crippen LogP contribution is 2.44. The van der Waals surface area contributed by atoms with E-state index >= 15 is 0 Å². The van der Waals surface area contributed by atoms with Crippen LogP contribution in [-0.4, -0.2) is 55.0 Å². The van der Waals surface area contributed by atoms with E-state index in [0.717, 1.165) is 22.3 Å². The van der Waals surface area contributed by atoms with Gasteiger partial charge < -0.3 is 25.2 Å². The van der Waals surface area contributed by atoms with E-state index < -0.39 is 30.4 Å². The smallest absolute Gasteiger partial charge is 0.407 e. The van der Waals surface area contributed by atoms with Gasteiger partial charge in [-0.3, -0.25) is 9.59 Å². The van der Waals surface area contributed by atoms with Gasteiger partial charge in [0.2, 0.25) is 5.91 Å². The van der Waals surface area contributed by atoms with Crippen molar-refractivity contribution in [3.8, 4) is 11.1 Å². The fourth-order valence-corrected chi connectivity index (χ4v) is 4.44. The molecule has 33 heavy (non-hydrogen) atoms. The monoisotopic (exact) mass is 452 g/mol. The minimum atomic E-state index is -1.26. The van der Waals surface area contributed by atoms with Crippen molar-refractivity contribution in [3.63, 3.8) is 0 Å². The predicted octanol–water partition coefficient (Wildman–Crippen LogP) is 2.91. The molecule has 1 saturated heterocycles. The van der Waals surface area contributed by atoms with Crippen LogP contribution in [0, 0.1) is 5.41 Å². The molecule has 1 fully saturated rings. The number of amides is 2. The molecule has 1 aliphatic heterocycles. The molecule has 8 nitrogen and oxygen atoms in total. The summed E-state index contributed by atoms with van der Waals surface area (Å²) in [6, 6.07) is 14.4. The van der Waals surface area contributed by atoms with Crippen molar-refractivity contribution in [1.82, 2.24) is 10.6 Å². The zero-order valence-electron chi connectivity index (χ0n) is 18.7. The Balaban J connectivity index is 1.41. The van der Waals surface area contributed by atoms with Crippen LogP contribution in [0.25, 0.3) is 11.1 Å². The van der Waals surface area contributed by atoms with Gasteiger partial charge in [-0.2, -0.15) is 0 Å². The lowest BCUT2D eigenvalue weighted by Crippen LogP contribution is -2.53. The normalized spacial score (nSPS) is 19.3. The van der Waals surface area contributed by atoms with Gasteiger partial charge in [-0.25, -0.2) is 4.79 Å². The molecule has 0 aromatic heterocycles. The van der Waals surface area contributed by atoms with Crippen LogP contribution < -0.4 is 10.6 Å². The number of carbonyl (C=O) groups excluding carboxylic acids is 2. The summed E-state index contributed by atoms with van der Waals surface area (Å²) in [7, 11) is 0. The molecule has 2 amide bonds. The van der Waals surface area contributed by atoms with Gasteiger partial charge in [-0.05, 0) is 22.3 Å². The van der Waals surface area contributed by atoms with E-state index in [4.69, 9.17) is 9.47 Å². The standard InChI is InChI=1S/C25H28N2O6/c1-25(2)14-32-13-21(25)27-23(30)20(11-22(28)29)26-24(31)33-12-19-17-9-5-3-7-15(17)16-8-4-6-10-18(16)19/h3-10,19-21H,11-14H2,1-2H3,(H,26,31)(H,27,30)(H,28,29). The molecule has 174 valence electrons. The summed E-state index contributed by atoms with van der Waals surface area (Å²) in [5.74, 6) is -1.91. The average Bonchev–Trinajstić information content (AvgIpc) is 3.28. The lowest BCUT2D eigenvalue weighted by molar-refractivity contribution is -0.140. The van der Waals surface area contributed by atoms with Gasteiger partial charge in [0.25, 0.3) is 0 Å². The van der Waals surface area contributed by atoms with Gasteiger partial charge in [-0.15, -0.1) is 0 Å². The van der Waals surface area contributed by atoms with Crippen molar-refractivity contribution in [1.29, 1.82) is 0 Å². The molecule has 2 aromatic rings. The summed E-state index contributed by atoms with van der Waals surface area (Å²) < 4.78 is 10.9. The Hall–Kier alpha value is -3.39. The number of fused-ring (bicyclic) bond motifs is 3. The third-order valence-corrected chi connectivity index (χ3v) is 6.35. The number of alkyl carbamates (subject to hydrolysis) is 1. The molecule has 0 bridgehead atoms. The van der Waals surface area contributed by atoms with Gasteiger partial charge in [0.1, 0.15) is 12.6 Å². The highest BCUT2D eigenvalue weighted by molar-refractivity contribution is 5.89. The first-order valence-corrected chi connectivity index (χ1v) is 11.0. The van der Waals surface area contributed by atoms with E-state index in [-0.39, 0.29) is 24.0 Å². The van der Waals surface area contributed by atoms with Crippen LogP contribution in [0.3, 0.4) is 0 Å². The average molecular weight is 453 g/mol. The van der Waals surface area contributed by atoms with E-state index in [2.05, 4.69) is 10.6 Å². The highest BCUT2D eigenvalue weighted by atomic mass is 16.5. The molecule has 4 rings (SSSR count). The minimum Gasteiger partial charge on any atom is -0.481 e. The fourth-order valence-electron chi connectivity index (χ4n) is 4.44. The molecule has 0 spiro atoms. The number of aliphatic carboxylic acids is 1. The van der Waals surface area contributed by atoms with Crippen LogP contribution in [0.2, 0.25) is 0 Å². The second-order valence-corrected chi connectivity index (χ2v) is 9.19. The van der Waals surface area contributed by atoms with Crippen LogP contribution in [0.4, 0.5) is 4.79 Å². The second kappa shape index (κ2) is 9.23. The Morgan fingerprint density at radius 3 is 2.24 bits per heavy atom. The number of carbonyl (C=O) groups is 3. The van der Waals surface area contributed by atoms with Crippen molar-refractivity contribution in [2.45, 2.75) is 38.3 Å². The maximum atomic E-state index is 12.7. The Kier molecular flexibility index (Phi) is 6.37. The molecule has 2 atom stereocenters. The zero-order chi connectivity index (χ0) is 23.6. The number of nitrogens with one attached hydrogen (secondary N) is 2. The number of hydrogen-bond donors (Lipinski definition) is 3. The Labute approximate surface area is 192 Å². The molecule has 2 aliphatic rings. The van der Waals surface area contributed by atoms with Crippen molar-refractivity contribution < 1.29 is 29.0 Å². The summed E-state index contributed by atoms with van der Waals surface area (Å²) in [5, 5.41) is 14.5. The molecule has 2 unspecified atom stereocenters. The largest absolute Gasteiger partial charge is 0.481 e. The summed E-state index contributed by atoms with van der Waals surface area (Å²) in [5.41, 5.74) is 4.05. The van der Waals surface area contributed by atoms with Gasteiger partial charge in [0, 0.05) is 11.3 Å². The van der Waals surface area contributed by atoms with E-state index in [1.807, 2.05) is 62.4 Å². The van der Waals surface area contributed by atoms with Crippen LogP contribution in [0.1, 0.15) is 37.3 Å². The molecule has 3 N–H and O–H groups in total. The Morgan fingerprint density at radius 2 is 1.70 bits per heavy atom. The first-order valence-electron chi connectivity index (χ1n) is 11.0. The summed E-state index contributed by atoms with van der Waals surface area (Å²) in [4.78, 5) is 36.6. The molecule has 1 aliphatic carbocycles. The van der Waals surface area contributed by atoms with Crippen LogP contribution in [0.15, 0.2) is 48.5 Å². The Bertz CT molecular complexity index is 1020. The van der Waals surface area contributed by atoms with E-state index in [1.54, 1.807) is 0 Å². The van der Waals surface area contributed by atoms with Crippen LogP contribution in [-0.2, 0) is 19.1 Å². The molecule has 0 radical (unpaired) electrons. The maximum absolute atomic E-state index is 12.7. The van der Waals surface area contributed by atoms with Crippen LogP contribution in [0.5, 0.6) is 0 Å². The van der Waals surface area contributed by atoms with Crippen molar-refractivity contribution in [2.75, 3.05) is 19.8 Å². The van der Waals surface area contributed by atoms with Crippen molar-refractivity contribution >= 4 is 18.0 Å². The number of ether oxygens (including phenoxy) is 2. The Morgan fingerprint density at radius 1 is 1.09 bits per heavy atom. The van der Waals surface area contributed by atoms with Gasteiger partial charge >= 0.3 is 12.1 Å². The molecule has 8 heteroatoms. The summed E-state index contributed by atoms with van der Waals surface area (Å²) in [6.07, 6.45) is -1.38. The number of carboxylic acids is 1. The highest BCUT2D eigenvalue weighted by Gasteiger charge is 2.38. The van der Waals surface area contributed by atoms with E-state index in [1.165, 1.54) is 0 Å². The third-order valence-electron chi connectivity index (χ3n) is 6.35. The van der Waals surface area contributed by atoms with Crippen molar-refractivity contribution in [3.05, 3.63) is 59.7 Å². The number of carboxylic acid groups (broad SMARTS) is 1. The lowest BCUT2D eigenvalue weighted by Gasteiger charge is -2.27. The predicted molar refractivity (Wildman–Crippen MR) is 121 cm³/mol. The summed E-state index contributed by atoms with van der Waals surface area (Å²) in [6.45, 7) is 4.81. The minimum absolute atomic E-state index is 0.0742. The number of rotatable bonds is 7. The molecular formula is C25H28N2O6. The van der Waals surface area contributed by atoms with Gasteiger partial charge in [0.15, 0.2) is 0 Å².